The largest absolute Gasteiger partial charge is 0.393 e. The van der Waals surface area contributed by atoms with E-state index in [9.17, 15) is 5.11 Å². The summed E-state index contributed by atoms with van der Waals surface area (Å²) in [6, 6.07) is 0. The molecule has 126 valence electrons. The van der Waals surface area contributed by atoms with Crippen LogP contribution in [0.4, 0.5) is 0 Å². The van der Waals surface area contributed by atoms with Crippen LogP contribution >= 0.6 is 0 Å². The van der Waals surface area contributed by atoms with Crippen LogP contribution in [0.3, 0.4) is 0 Å². The quantitative estimate of drug-likeness (QED) is 0.728. The van der Waals surface area contributed by atoms with Crippen molar-refractivity contribution in [1.82, 2.24) is 0 Å². The van der Waals surface area contributed by atoms with Crippen LogP contribution in [0.1, 0.15) is 72.6 Å². The highest BCUT2D eigenvalue weighted by Crippen LogP contribution is 2.60. The van der Waals surface area contributed by atoms with Gasteiger partial charge in [0.05, 0.1) is 12.7 Å². The van der Waals surface area contributed by atoms with Crippen LogP contribution in [0, 0.1) is 16.7 Å². The predicted octanol–water partition coefficient (Wildman–Crippen LogP) is 4.62. The number of hydrogen-bond donors (Lipinski definition) is 2. The minimum absolute atomic E-state index is 0.218. The average Bonchev–Trinajstić information content (AvgIpc) is 2.44. The highest BCUT2D eigenvalue weighted by Gasteiger charge is 2.49. The molecule has 1 saturated carbocycles. The molecular weight excluding hydrogens is 272 g/mol. The summed E-state index contributed by atoms with van der Waals surface area (Å²) in [4.78, 5) is 0. The van der Waals surface area contributed by atoms with Gasteiger partial charge in [-0.15, -0.1) is 0 Å². The summed E-state index contributed by atoms with van der Waals surface area (Å²) >= 11 is 0. The van der Waals surface area contributed by atoms with E-state index in [-0.39, 0.29) is 6.61 Å². The van der Waals surface area contributed by atoms with Crippen molar-refractivity contribution < 1.29 is 10.2 Å². The van der Waals surface area contributed by atoms with Crippen LogP contribution in [-0.2, 0) is 0 Å². The summed E-state index contributed by atoms with van der Waals surface area (Å²) in [7, 11) is 0. The molecular formula is C20H34O2. The van der Waals surface area contributed by atoms with Crippen LogP contribution in [0.25, 0.3) is 0 Å². The van der Waals surface area contributed by atoms with E-state index >= 15 is 0 Å². The van der Waals surface area contributed by atoms with E-state index in [1.807, 2.05) is 0 Å². The number of aliphatic hydroxyl groups excluding tert-OH is 2. The molecule has 0 unspecified atom stereocenters. The molecule has 0 aliphatic heterocycles. The maximum atomic E-state index is 9.74. The number of hydrogen-bond acceptors (Lipinski definition) is 2. The highest BCUT2D eigenvalue weighted by molar-refractivity contribution is 5.28. The molecule has 2 nitrogen and oxygen atoms in total. The zero-order valence-corrected chi connectivity index (χ0v) is 14.9. The first-order valence-electron chi connectivity index (χ1n) is 8.88. The second-order valence-electron chi connectivity index (χ2n) is 8.47. The first-order valence-corrected chi connectivity index (χ1v) is 8.88. The van der Waals surface area contributed by atoms with E-state index in [1.54, 1.807) is 11.1 Å². The summed E-state index contributed by atoms with van der Waals surface area (Å²) in [5, 5.41) is 18.8. The molecule has 0 heterocycles. The molecule has 1 fully saturated rings. The Labute approximate surface area is 136 Å². The van der Waals surface area contributed by atoms with Gasteiger partial charge in [0, 0.05) is 0 Å². The van der Waals surface area contributed by atoms with Crippen molar-refractivity contribution in [3.63, 3.8) is 0 Å². The van der Waals surface area contributed by atoms with E-state index in [1.165, 1.54) is 32.1 Å². The Morgan fingerprint density at radius 3 is 2.64 bits per heavy atom. The molecule has 2 N–H and O–H groups in total. The topological polar surface area (TPSA) is 40.5 Å². The molecule has 0 aromatic carbocycles. The van der Waals surface area contributed by atoms with Crippen molar-refractivity contribution in [1.29, 1.82) is 0 Å². The fourth-order valence-electron chi connectivity index (χ4n) is 5.27. The molecule has 2 heteroatoms. The van der Waals surface area contributed by atoms with Gasteiger partial charge in [0.15, 0.2) is 0 Å². The Hall–Kier alpha value is -0.600. The SMILES string of the molecule is C=C(CCC1=C(C)CC[C@@H]2C(C)(C)CCC[C@@]12C)[C@H](O)CO. The molecule has 0 amide bonds. The van der Waals surface area contributed by atoms with Crippen LogP contribution in [-0.4, -0.2) is 22.9 Å². The van der Waals surface area contributed by atoms with Crippen LogP contribution in [0.5, 0.6) is 0 Å². The first kappa shape index (κ1) is 17.7. The molecule has 2 rings (SSSR count). The second-order valence-corrected chi connectivity index (χ2v) is 8.47. The summed E-state index contributed by atoms with van der Waals surface area (Å²) in [6.07, 6.45) is 7.50. The fourth-order valence-corrected chi connectivity index (χ4v) is 5.27. The Morgan fingerprint density at radius 2 is 2.00 bits per heavy atom. The van der Waals surface area contributed by atoms with E-state index < -0.39 is 6.10 Å². The van der Waals surface area contributed by atoms with Gasteiger partial charge in [-0.25, -0.2) is 0 Å². The molecule has 0 aromatic heterocycles. The van der Waals surface area contributed by atoms with Crippen molar-refractivity contribution in [2.75, 3.05) is 6.61 Å². The number of aliphatic hydroxyl groups is 2. The van der Waals surface area contributed by atoms with Crippen molar-refractivity contribution in [2.24, 2.45) is 16.7 Å². The van der Waals surface area contributed by atoms with Gasteiger partial charge in [-0.2, -0.15) is 0 Å². The summed E-state index contributed by atoms with van der Waals surface area (Å²) in [5.41, 5.74) is 4.68. The Balaban J connectivity index is 2.19. The maximum absolute atomic E-state index is 9.74. The van der Waals surface area contributed by atoms with Crippen LogP contribution in [0.2, 0.25) is 0 Å². The predicted molar refractivity (Wildman–Crippen MR) is 92.6 cm³/mol. The van der Waals surface area contributed by atoms with E-state index in [2.05, 4.69) is 34.3 Å². The van der Waals surface area contributed by atoms with Crippen molar-refractivity contribution in [2.45, 2.75) is 78.7 Å². The lowest BCUT2D eigenvalue weighted by Crippen LogP contribution is -2.45. The van der Waals surface area contributed by atoms with Gasteiger partial charge >= 0.3 is 0 Å². The Kier molecular flexibility index (Phi) is 5.23. The standard InChI is InChI=1S/C20H34O2/c1-14-8-10-18-19(3,4)11-6-12-20(18,5)16(14)9-7-15(2)17(22)13-21/h17-18,21-22H,2,6-13H2,1,3-5H3/t17-,18-,20+/m1/s1. The minimum Gasteiger partial charge on any atom is -0.393 e. The molecule has 0 aromatic rings. The van der Waals surface area contributed by atoms with Crippen molar-refractivity contribution >= 4 is 0 Å². The number of allylic oxidation sites excluding steroid dienone is 2. The van der Waals surface area contributed by atoms with E-state index in [0.29, 0.717) is 10.8 Å². The molecule has 0 saturated heterocycles. The zero-order valence-electron chi connectivity index (χ0n) is 14.9. The fraction of sp³-hybridized carbons (Fsp3) is 0.800. The van der Waals surface area contributed by atoms with Gasteiger partial charge in [-0.1, -0.05) is 44.9 Å². The van der Waals surface area contributed by atoms with Gasteiger partial charge in [-0.3, -0.25) is 0 Å². The molecule has 0 spiro atoms. The second kappa shape index (κ2) is 6.49. The third-order valence-corrected chi connectivity index (χ3v) is 6.58. The first-order chi connectivity index (χ1) is 10.2. The van der Waals surface area contributed by atoms with Gasteiger partial charge in [0.1, 0.15) is 0 Å². The van der Waals surface area contributed by atoms with E-state index in [0.717, 1.165) is 24.3 Å². The monoisotopic (exact) mass is 306 g/mol. The van der Waals surface area contributed by atoms with Gasteiger partial charge in [0.2, 0.25) is 0 Å². The molecule has 0 radical (unpaired) electrons. The number of fused-ring (bicyclic) bond motifs is 1. The molecule has 2 aliphatic carbocycles. The maximum Gasteiger partial charge on any atom is 0.0978 e. The van der Waals surface area contributed by atoms with Crippen molar-refractivity contribution in [3.05, 3.63) is 23.3 Å². The van der Waals surface area contributed by atoms with E-state index in [4.69, 9.17) is 5.11 Å². The third-order valence-electron chi connectivity index (χ3n) is 6.58. The smallest absolute Gasteiger partial charge is 0.0978 e. The van der Waals surface area contributed by atoms with Crippen LogP contribution < -0.4 is 0 Å². The van der Waals surface area contributed by atoms with Gasteiger partial charge < -0.3 is 10.2 Å². The highest BCUT2D eigenvalue weighted by atomic mass is 16.3. The molecule has 0 bridgehead atoms. The number of rotatable bonds is 5. The van der Waals surface area contributed by atoms with Gasteiger partial charge in [-0.05, 0) is 67.8 Å². The Morgan fingerprint density at radius 1 is 1.32 bits per heavy atom. The average molecular weight is 306 g/mol. The summed E-state index contributed by atoms with van der Waals surface area (Å²) in [5.74, 6) is 0.767. The van der Waals surface area contributed by atoms with Gasteiger partial charge in [0.25, 0.3) is 0 Å². The lowest BCUT2D eigenvalue weighted by atomic mass is 9.50. The zero-order chi connectivity index (χ0) is 16.5. The Bertz CT molecular complexity index is 460. The normalized spacial score (nSPS) is 32.5. The van der Waals surface area contributed by atoms with Crippen LogP contribution in [0.15, 0.2) is 23.3 Å². The molecule has 3 atom stereocenters. The lowest BCUT2D eigenvalue weighted by molar-refractivity contribution is 0.0103. The molecule has 2 aliphatic rings. The van der Waals surface area contributed by atoms with Crippen molar-refractivity contribution in [3.8, 4) is 0 Å². The molecule has 22 heavy (non-hydrogen) atoms. The third kappa shape index (κ3) is 3.19. The summed E-state index contributed by atoms with van der Waals surface area (Å²) in [6.45, 7) is 13.4. The summed E-state index contributed by atoms with van der Waals surface area (Å²) < 4.78 is 0. The lowest BCUT2D eigenvalue weighted by Gasteiger charge is -2.55. The minimum atomic E-state index is -0.768.